The summed E-state index contributed by atoms with van der Waals surface area (Å²) in [6, 6.07) is 25.1. The van der Waals surface area contributed by atoms with Crippen molar-refractivity contribution >= 4 is 23.3 Å². The van der Waals surface area contributed by atoms with E-state index >= 15 is 0 Å². The fraction of sp³-hybridized carbons (Fsp3) is 0.136. The largest absolute Gasteiger partial charge is 0.339 e. The van der Waals surface area contributed by atoms with Crippen molar-refractivity contribution in [1.29, 1.82) is 0 Å². The molecule has 0 aliphatic rings. The number of hydrogen-bond donors (Lipinski definition) is 0. The Hall–Kier alpha value is -2.94. The van der Waals surface area contributed by atoms with E-state index in [0.29, 0.717) is 6.04 Å². The zero-order valence-corrected chi connectivity index (χ0v) is 14.4. The van der Waals surface area contributed by atoms with E-state index in [0.717, 1.165) is 16.9 Å². The van der Waals surface area contributed by atoms with Crippen LogP contribution in [-0.4, -0.2) is 12.3 Å². The number of anilines is 2. The van der Waals surface area contributed by atoms with Gasteiger partial charge in [-0.15, -0.1) is 0 Å². The highest BCUT2D eigenvalue weighted by atomic mass is 19.1. The van der Waals surface area contributed by atoms with Gasteiger partial charge in [-0.05, 0) is 67.9 Å². The van der Waals surface area contributed by atoms with E-state index in [1.165, 1.54) is 17.8 Å². The molecule has 0 amide bonds. The molecule has 3 aromatic carbocycles. The van der Waals surface area contributed by atoms with Gasteiger partial charge >= 0.3 is 0 Å². The minimum Gasteiger partial charge on any atom is -0.339 e. The maximum absolute atomic E-state index is 12.9. The zero-order valence-electron chi connectivity index (χ0n) is 14.4. The molecule has 0 atom stereocenters. The molecule has 0 aliphatic carbocycles. The molecule has 25 heavy (non-hydrogen) atoms. The van der Waals surface area contributed by atoms with Crippen LogP contribution < -0.4 is 4.90 Å². The summed E-state index contributed by atoms with van der Waals surface area (Å²) >= 11 is 0. The monoisotopic (exact) mass is 332 g/mol. The van der Waals surface area contributed by atoms with Crippen LogP contribution in [0.4, 0.5) is 21.5 Å². The van der Waals surface area contributed by atoms with Crippen LogP contribution in [0.3, 0.4) is 0 Å². The zero-order chi connectivity index (χ0) is 17.6. The number of nitrogens with zero attached hydrogens (tertiary/aromatic N) is 2. The van der Waals surface area contributed by atoms with E-state index in [-0.39, 0.29) is 5.82 Å². The van der Waals surface area contributed by atoms with Crippen LogP contribution in [0, 0.1) is 5.82 Å². The minimum absolute atomic E-state index is 0.240. The Labute approximate surface area is 148 Å². The van der Waals surface area contributed by atoms with E-state index < -0.39 is 0 Å². The van der Waals surface area contributed by atoms with E-state index in [4.69, 9.17) is 0 Å². The maximum Gasteiger partial charge on any atom is 0.123 e. The van der Waals surface area contributed by atoms with Crippen molar-refractivity contribution < 1.29 is 4.39 Å². The van der Waals surface area contributed by atoms with Crippen LogP contribution in [0.1, 0.15) is 19.4 Å². The Morgan fingerprint density at radius 1 is 0.800 bits per heavy atom. The van der Waals surface area contributed by atoms with Gasteiger partial charge in [0.1, 0.15) is 5.82 Å². The van der Waals surface area contributed by atoms with Crippen LogP contribution in [0.5, 0.6) is 0 Å². The normalized spacial score (nSPS) is 11.2. The molecule has 0 bridgehead atoms. The first kappa shape index (κ1) is 16.9. The third-order valence-corrected chi connectivity index (χ3v) is 3.91. The Balaban J connectivity index is 1.80. The highest BCUT2D eigenvalue weighted by Gasteiger charge is 2.12. The van der Waals surface area contributed by atoms with Gasteiger partial charge in [0, 0.05) is 23.6 Å². The summed E-state index contributed by atoms with van der Waals surface area (Å²) in [6.07, 6.45) is 1.74. The van der Waals surface area contributed by atoms with Crippen LogP contribution >= 0.6 is 0 Å². The first-order chi connectivity index (χ1) is 12.1. The lowest BCUT2D eigenvalue weighted by Crippen LogP contribution is -2.25. The number of halogens is 1. The van der Waals surface area contributed by atoms with Crippen molar-refractivity contribution in [1.82, 2.24) is 0 Å². The molecule has 0 radical (unpaired) electrons. The second-order valence-corrected chi connectivity index (χ2v) is 6.13. The first-order valence-corrected chi connectivity index (χ1v) is 8.37. The van der Waals surface area contributed by atoms with Crippen molar-refractivity contribution in [2.75, 3.05) is 4.90 Å². The molecule has 0 spiro atoms. The maximum atomic E-state index is 12.9. The van der Waals surface area contributed by atoms with Crippen molar-refractivity contribution in [3.8, 4) is 0 Å². The highest BCUT2D eigenvalue weighted by molar-refractivity contribution is 5.82. The van der Waals surface area contributed by atoms with Gasteiger partial charge in [-0.1, -0.05) is 30.3 Å². The SMILES string of the molecule is CC(C)N(c1ccccc1)c1ccc(N=Cc2ccc(F)cc2)cc1. The molecular weight excluding hydrogens is 311 g/mol. The lowest BCUT2D eigenvalue weighted by molar-refractivity contribution is 0.628. The molecule has 0 saturated carbocycles. The van der Waals surface area contributed by atoms with E-state index in [1.807, 2.05) is 30.3 Å². The average molecular weight is 332 g/mol. The van der Waals surface area contributed by atoms with Crippen LogP contribution in [0.25, 0.3) is 0 Å². The number of aliphatic imine (C=N–C) groups is 1. The Bertz CT molecular complexity index is 822. The third-order valence-electron chi connectivity index (χ3n) is 3.91. The molecule has 126 valence electrons. The van der Waals surface area contributed by atoms with Gasteiger partial charge in [0.15, 0.2) is 0 Å². The van der Waals surface area contributed by atoms with Gasteiger partial charge in [0.05, 0.1) is 5.69 Å². The molecule has 2 nitrogen and oxygen atoms in total. The highest BCUT2D eigenvalue weighted by Crippen LogP contribution is 2.29. The molecule has 0 aliphatic heterocycles. The molecule has 3 aromatic rings. The first-order valence-electron chi connectivity index (χ1n) is 8.37. The minimum atomic E-state index is -0.240. The van der Waals surface area contributed by atoms with E-state index in [2.05, 4.69) is 48.0 Å². The average Bonchev–Trinajstić information content (AvgIpc) is 2.63. The fourth-order valence-corrected chi connectivity index (χ4v) is 2.73. The molecule has 0 heterocycles. The Kier molecular flexibility index (Phi) is 5.24. The summed E-state index contributed by atoms with van der Waals surface area (Å²) in [6.45, 7) is 4.35. The molecular formula is C22H21FN2. The van der Waals surface area contributed by atoms with Gasteiger partial charge in [-0.3, -0.25) is 4.99 Å². The molecule has 0 aromatic heterocycles. The van der Waals surface area contributed by atoms with Crippen molar-refractivity contribution in [3.05, 3.63) is 90.2 Å². The van der Waals surface area contributed by atoms with Crippen LogP contribution in [-0.2, 0) is 0 Å². The molecule has 3 rings (SSSR count). The topological polar surface area (TPSA) is 15.6 Å². The Morgan fingerprint density at radius 2 is 1.40 bits per heavy atom. The fourth-order valence-electron chi connectivity index (χ4n) is 2.73. The summed E-state index contributed by atoms with van der Waals surface area (Å²) in [5, 5.41) is 0. The number of hydrogen-bond acceptors (Lipinski definition) is 2. The lowest BCUT2D eigenvalue weighted by Gasteiger charge is -2.29. The van der Waals surface area contributed by atoms with Gasteiger partial charge in [0.25, 0.3) is 0 Å². The van der Waals surface area contributed by atoms with Crippen molar-refractivity contribution in [3.63, 3.8) is 0 Å². The van der Waals surface area contributed by atoms with Gasteiger partial charge in [-0.25, -0.2) is 4.39 Å². The second kappa shape index (κ2) is 7.75. The molecule has 0 unspecified atom stereocenters. The number of para-hydroxylation sites is 1. The van der Waals surface area contributed by atoms with Gasteiger partial charge in [0.2, 0.25) is 0 Å². The summed E-state index contributed by atoms with van der Waals surface area (Å²) in [5.74, 6) is -0.240. The van der Waals surface area contributed by atoms with Crippen molar-refractivity contribution in [2.45, 2.75) is 19.9 Å². The van der Waals surface area contributed by atoms with Crippen molar-refractivity contribution in [2.24, 2.45) is 4.99 Å². The summed E-state index contributed by atoms with van der Waals surface area (Å²) in [4.78, 5) is 6.74. The molecule has 3 heteroatoms. The molecule has 0 fully saturated rings. The summed E-state index contributed by atoms with van der Waals surface area (Å²) < 4.78 is 12.9. The van der Waals surface area contributed by atoms with Crippen LogP contribution in [0.15, 0.2) is 83.9 Å². The smallest absolute Gasteiger partial charge is 0.123 e. The second-order valence-electron chi connectivity index (χ2n) is 6.13. The van der Waals surface area contributed by atoms with Gasteiger partial charge < -0.3 is 4.90 Å². The standard InChI is InChI=1S/C22H21FN2/c1-17(2)25(21-6-4-3-5-7-21)22-14-12-20(13-15-22)24-16-18-8-10-19(23)11-9-18/h3-17H,1-2H3. The molecule has 0 saturated heterocycles. The van der Waals surface area contributed by atoms with E-state index in [9.17, 15) is 4.39 Å². The predicted octanol–water partition coefficient (Wildman–Crippen LogP) is 6.12. The Morgan fingerprint density at radius 3 is 2.00 bits per heavy atom. The quantitative estimate of drug-likeness (QED) is 0.514. The molecule has 0 N–H and O–H groups in total. The summed E-state index contributed by atoms with van der Waals surface area (Å²) in [5.41, 5.74) is 4.03. The number of benzene rings is 3. The van der Waals surface area contributed by atoms with Gasteiger partial charge in [-0.2, -0.15) is 0 Å². The lowest BCUT2D eigenvalue weighted by atomic mass is 10.2. The third kappa shape index (κ3) is 4.32. The van der Waals surface area contributed by atoms with Crippen LogP contribution in [0.2, 0.25) is 0 Å². The number of rotatable bonds is 5. The van der Waals surface area contributed by atoms with E-state index in [1.54, 1.807) is 18.3 Å². The predicted molar refractivity (Wildman–Crippen MR) is 104 cm³/mol. The summed E-state index contributed by atoms with van der Waals surface area (Å²) in [7, 11) is 0.